The van der Waals surface area contributed by atoms with Crippen LogP contribution in [0.4, 0.5) is 0 Å². The zero-order chi connectivity index (χ0) is 8.84. The van der Waals surface area contributed by atoms with E-state index in [1.165, 1.54) is 11.4 Å². The van der Waals surface area contributed by atoms with E-state index in [4.69, 9.17) is 0 Å². The molecule has 3 rings (SSSR count). The normalized spacial score (nSPS) is 20.8. The molecule has 0 amide bonds. The van der Waals surface area contributed by atoms with E-state index in [-0.39, 0.29) is 0 Å². The van der Waals surface area contributed by atoms with Crippen molar-refractivity contribution in [3.8, 4) is 0 Å². The maximum Gasteiger partial charge on any atom is 0.211 e. The summed E-state index contributed by atoms with van der Waals surface area (Å²) in [5.41, 5.74) is 2.57. The molecule has 3 nitrogen and oxygen atoms in total. The van der Waals surface area contributed by atoms with Crippen LogP contribution in [0.3, 0.4) is 0 Å². The molecule has 66 valence electrons. The lowest BCUT2D eigenvalue weighted by Gasteiger charge is -2.12. The fraction of sp³-hybridized carbons (Fsp3) is 0.300. The molecule has 0 saturated carbocycles. The van der Waals surface area contributed by atoms with Gasteiger partial charge in [0.1, 0.15) is 0 Å². The Balaban J connectivity index is 2.39. The molecule has 2 heterocycles. The summed E-state index contributed by atoms with van der Waals surface area (Å²) < 4.78 is 2.10. The van der Waals surface area contributed by atoms with Crippen LogP contribution in [0.25, 0.3) is 11.9 Å². The number of hydrogen-bond acceptors (Lipinski definition) is 1. The monoisotopic (exact) mass is 173 g/mol. The fourth-order valence-corrected chi connectivity index (χ4v) is 1.95. The van der Waals surface area contributed by atoms with Gasteiger partial charge < -0.3 is 4.98 Å². The predicted molar refractivity (Wildman–Crippen MR) is 51.6 cm³/mol. The van der Waals surface area contributed by atoms with Crippen molar-refractivity contribution in [1.29, 1.82) is 0 Å². The van der Waals surface area contributed by atoms with E-state index in [0.29, 0.717) is 5.92 Å². The maximum atomic E-state index is 4.23. The van der Waals surface area contributed by atoms with Crippen molar-refractivity contribution in [2.24, 2.45) is 0 Å². The standard InChI is InChI=1S/C10H11N3/c1-7-3-2-4-8-9(7)12-10-11-5-6-13(8)10/h2,4-7H,3H2,1H3,(H,11,12). The number of allylic oxidation sites excluding steroid dienone is 1. The molecular weight excluding hydrogens is 162 g/mol. The van der Waals surface area contributed by atoms with Crippen molar-refractivity contribution in [2.75, 3.05) is 0 Å². The van der Waals surface area contributed by atoms with Gasteiger partial charge in [-0.3, -0.25) is 4.40 Å². The highest BCUT2D eigenvalue weighted by Gasteiger charge is 2.17. The Hall–Kier alpha value is -1.51. The molecule has 1 aliphatic carbocycles. The lowest BCUT2D eigenvalue weighted by Crippen LogP contribution is -1.99. The molecule has 0 bridgehead atoms. The molecule has 0 saturated heterocycles. The van der Waals surface area contributed by atoms with E-state index >= 15 is 0 Å². The molecule has 0 spiro atoms. The van der Waals surface area contributed by atoms with Crippen LogP contribution in [-0.4, -0.2) is 14.4 Å². The number of imidazole rings is 2. The van der Waals surface area contributed by atoms with Crippen molar-refractivity contribution in [1.82, 2.24) is 14.4 Å². The van der Waals surface area contributed by atoms with Crippen LogP contribution in [-0.2, 0) is 0 Å². The second-order valence-corrected chi connectivity index (χ2v) is 3.58. The summed E-state index contributed by atoms with van der Waals surface area (Å²) in [5.74, 6) is 1.53. The Labute approximate surface area is 76.1 Å². The molecular formula is C10H11N3. The van der Waals surface area contributed by atoms with Gasteiger partial charge in [0.15, 0.2) is 0 Å². The summed E-state index contributed by atoms with van der Waals surface area (Å²) in [6.07, 6.45) is 9.32. The number of rotatable bonds is 0. The smallest absolute Gasteiger partial charge is 0.211 e. The molecule has 1 N–H and O–H groups in total. The third-order valence-corrected chi connectivity index (χ3v) is 2.68. The van der Waals surface area contributed by atoms with Crippen LogP contribution in [0.2, 0.25) is 0 Å². The largest absolute Gasteiger partial charge is 0.327 e. The summed E-state index contributed by atoms with van der Waals surface area (Å²) >= 11 is 0. The zero-order valence-corrected chi connectivity index (χ0v) is 7.49. The van der Waals surface area contributed by atoms with Gasteiger partial charge in [-0.05, 0) is 12.5 Å². The first-order valence-corrected chi connectivity index (χ1v) is 4.58. The molecule has 13 heavy (non-hydrogen) atoms. The Kier molecular flexibility index (Phi) is 1.20. The van der Waals surface area contributed by atoms with Gasteiger partial charge in [-0.1, -0.05) is 13.0 Å². The minimum Gasteiger partial charge on any atom is -0.327 e. The minimum atomic E-state index is 0.585. The van der Waals surface area contributed by atoms with Crippen LogP contribution in [0, 0.1) is 0 Å². The highest BCUT2D eigenvalue weighted by molar-refractivity contribution is 5.57. The second-order valence-electron chi connectivity index (χ2n) is 3.58. The van der Waals surface area contributed by atoms with Crippen LogP contribution < -0.4 is 0 Å². The van der Waals surface area contributed by atoms with Crippen molar-refractivity contribution in [2.45, 2.75) is 19.3 Å². The molecule has 2 aromatic rings. The minimum absolute atomic E-state index is 0.585. The number of hydrogen-bond donors (Lipinski definition) is 1. The summed E-state index contributed by atoms with van der Waals surface area (Å²) in [6, 6.07) is 0. The van der Waals surface area contributed by atoms with Gasteiger partial charge >= 0.3 is 0 Å². The van der Waals surface area contributed by atoms with E-state index in [2.05, 4.69) is 33.4 Å². The SMILES string of the molecule is CC1CC=Cc2c1[nH]c1nccn21. The Bertz CT molecular complexity index is 475. The topological polar surface area (TPSA) is 33.1 Å². The van der Waals surface area contributed by atoms with Crippen molar-refractivity contribution < 1.29 is 0 Å². The molecule has 2 aromatic heterocycles. The highest BCUT2D eigenvalue weighted by Crippen LogP contribution is 2.28. The fourth-order valence-electron chi connectivity index (χ4n) is 1.95. The van der Waals surface area contributed by atoms with E-state index in [0.717, 1.165) is 12.2 Å². The summed E-state index contributed by atoms with van der Waals surface area (Å²) in [5, 5.41) is 0. The maximum absolute atomic E-state index is 4.23. The van der Waals surface area contributed by atoms with Gasteiger partial charge in [-0.25, -0.2) is 4.98 Å². The average molecular weight is 173 g/mol. The predicted octanol–water partition coefficient (Wildman–Crippen LogP) is 2.18. The van der Waals surface area contributed by atoms with Gasteiger partial charge in [0, 0.05) is 24.0 Å². The lowest BCUT2D eigenvalue weighted by atomic mass is 9.97. The second kappa shape index (κ2) is 2.25. The van der Waals surface area contributed by atoms with Gasteiger partial charge in [-0.15, -0.1) is 0 Å². The van der Waals surface area contributed by atoms with Gasteiger partial charge in [0.25, 0.3) is 0 Å². The molecule has 0 radical (unpaired) electrons. The van der Waals surface area contributed by atoms with Crippen molar-refractivity contribution in [3.05, 3.63) is 29.9 Å². The highest BCUT2D eigenvalue weighted by atomic mass is 15.1. The van der Waals surface area contributed by atoms with E-state index in [1.807, 2.05) is 12.4 Å². The van der Waals surface area contributed by atoms with Gasteiger partial charge in [-0.2, -0.15) is 0 Å². The number of nitrogens with zero attached hydrogens (tertiary/aromatic N) is 2. The van der Waals surface area contributed by atoms with E-state index < -0.39 is 0 Å². The molecule has 0 aliphatic heterocycles. The number of aromatic amines is 1. The Morgan fingerprint density at radius 1 is 1.62 bits per heavy atom. The summed E-state index contributed by atoms with van der Waals surface area (Å²) in [7, 11) is 0. The first-order valence-electron chi connectivity index (χ1n) is 4.58. The third-order valence-electron chi connectivity index (χ3n) is 2.68. The molecule has 1 unspecified atom stereocenters. The van der Waals surface area contributed by atoms with Crippen LogP contribution >= 0.6 is 0 Å². The first-order chi connectivity index (χ1) is 6.36. The van der Waals surface area contributed by atoms with Crippen molar-refractivity contribution >= 4 is 11.9 Å². The third kappa shape index (κ3) is 0.813. The molecule has 0 fully saturated rings. The number of H-pyrrole nitrogens is 1. The molecule has 1 aliphatic rings. The molecule has 0 aromatic carbocycles. The quantitative estimate of drug-likeness (QED) is 0.650. The van der Waals surface area contributed by atoms with E-state index in [1.54, 1.807) is 0 Å². The number of aromatic nitrogens is 3. The summed E-state index contributed by atoms with van der Waals surface area (Å²) in [6.45, 7) is 2.23. The number of fused-ring (bicyclic) bond motifs is 3. The van der Waals surface area contributed by atoms with Gasteiger partial charge in [0.05, 0.1) is 5.69 Å². The Morgan fingerprint density at radius 3 is 3.46 bits per heavy atom. The Morgan fingerprint density at radius 2 is 2.54 bits per heavy atom. The lowest BCUT2D eigenvalue weighted by molar-refractivity contribution is 0.745. The average Bonchev–Trinajstić information content (AvgIpc) is 2.65. The van der Waals surface area contributed by atoms with Crippen LogP contribution in [0.15, 0.2) is 18.5 Å². The first kappa shape index (κ1) is 6.95. The summed E-state index contributed by atoms with van der Waals surface area (Å²) in [4.78, 5) is 7.58. The van der Waals surface area contributed by atoms with Gasteiger partial charge in [0.2, 0.25) is 5.78 Å². The van der Waals surface area contributed by atoms with Crippen LogP contribution in [0.1, 0.15) is 30.7 Å². The number of nitrogens with one attached hydrogen (secondary N) is 1. The van der Waals surface area contributed by atoms with Crippen LogP contribution in [0.5, 0.6) is 0 Å². The van der Waals surface area contributed by atoms with E-state index in [9.17, 15) is 0 Å². The molecule has 3 heteroatoms. The van der Waals surface area contributed by atoms with Crippen molar-refractivity contribution in [3.63, 3.8) is 0 Å². The zero-order valence-electron chi connectivity index (χ0n) is 7.49. The molecule has 1 atom stereocenters.